The summed E-state index contributed by atoms with van der Waals surface area (Å²) in [5.74, 6) is 0.577. The first kappa shape index (κ1) is 13.8. The molecule has 7 nitrogen and oxygen atoms in total. The summed E-state index contributed by atoms with van der Waals surface area (Å²) in [6.07, 6.45) is 4.70. The third-order valence-corrected chi connectivity index (χ3v) is 3.68. The Labute approximate surface area is 122 Å². The Bertz CT molecular complexity index is 621. The smallest absolute Gasteiger partial charge is 0.229 e. The van der Waals surface area contributed by atoms with Crippen molar-refractivity contribution in [3.63, 3.8) is 0 Å². The molecule has 0 aliphatic carbocycles. The molecule has 1 saturated heterocycles. The van der Waals surface area contributed by atoms with Gasteiger partial charge < -0.3 is 14.6 Å². The van der Waals surface area contributed by atoms with Crippen molar-refractivity contribution >= 4 is 11.6 Å². The summed E-state index contributed by atoms with van der Waals surface area (Å²) in [6, 6.07) is 0.262. The van der Waals surface area contributed by atoms with Gasteiger partial charge in [0.1, 0.15) is 5.76 Å². The van der Waals surface area contributed by atoms with Gasteiger partial charge in [0.05, 0.1) is 36.6 Å². The van der Waals surface area contributed by atoms with Crippen LogP contribution in [-0.2, 0) is 16.0 Å². The lowest BCUT2D eigenvalue weighted by Crippen LogP contribution is -2.15. The van der Waals surface area contributed by atoms with E-state index < -0.39 is 0 Å². The zero-order valence-electron chi connectivity index (χ0n) is 12.1. The fraction of sp³-hybridized carbons (Fsp3) is 0.500. The number of hydrogen-bond acceptors (Lipinski definition) is 5. The summed E-state index contributed by atoms with van der Waals surface area (Å²) in [5.41, 5.74) is 2.28. The maximum absolute atomic E-state index is 12.1. The van der Waals surface area contributed by atoms with Crippen molar-refractivity contribution in [1.82, 2.24) is 14.9 Å². The van der Waals surface area contributed by atoms with Crippen LogP contribution in [0, 0.1) is 13.8 Å². The predicted octanol–water partition coefficient (Wildman–Crippen LogP) is 1.63. The van der Waals surface area contributed by atoms with Gasteiger partial charge in [-0.05, 0) is 20.3 Å². The van der Waals surface area contributed by atoms with Gasteiger partial charge in [-0.2, -0.15) is 5.10 Å². The molecule has 3 heterocycles. The largest absolute Gasteiger partial charge is 0.379 e. The number of nitrogens with zero attached hydrogens (tertiary/aromatic N) is 3. The number of ether oxygens (including phenoxy) is 1. The summed E-state index contributed by atoms with van der Waals surface area (Å²) in [4.78, 5) is 12.1. The maximum Gasteiger partial charge on any atom is 0.229 e. The quantitative estimate of drug-likeness (QED) is 0.925. The Morgan fingerprint density at radius 2 is 2.38 bits per heavy atom. The third kappa shape index (κ3) is 2.97. The lowest BCUT2D eigenvalue weighted by molar-refractivity contribution is -0.115. The number of rotatable bonds is 4. The molecule has 0 radical (unpaired) electrons. The van der Waals surface area contributed by atoms with Crippen LogP contribution < -0.4 is 5.32 Å². The molecular weight excluding hydrogens is 272 g/mol. The second kappa shape index (κ2) is 5.69. The monoisotopic (exact) mass is 290 g/mol. The molecule has 7 heteroatoms. The Morgan fingerprint density at radius 3 is 3.05 bits per heavy atom. The lowest BCUT2D eigenvalue weighted by atomic mass is 10.1. The molecule has 1 N–H and O–H groups in total. The summed E-state index contributed by atoms with van der Waals surface area (Å²) < 4.78 is 12.2. The molecular formula is C14H18N4O3. The number of amides is 1. The number of carbonyl (C=O) groups excluding carboxylic acids is 1. The van der Waals surface area contributed by atoms with Crippen molar-refractivity contribution in [2.75, 3.05) is 18.5 Å². The fourth-order valence-corrected chi connectivity index (χ4v) is 2.45. The maximum atomic E-state index is 12.1. The van der Waals surface area contributed by atoms with Crippen LogP contribution in [-0.4, -0.2) is 34.1 Å². The summed E-state index contributed by atoms with van der Waals surface area (Å²) in [7, 11) is 0. The average molecular weight is 290 g/mol. The molecule has 2 aromatic heterocycles. The van der Waals surface area contributed by atoms with E-state index in [9.17, 15) is 4.79 Å². The van der Waals surface area contributed by atoms with Gasteiger partial charge in [-0.1, -0.05) is 5.16 Å². The van der Waals surface area contributed by atoms with Crippen LogP contribution >= 0.6 is 0 Å². The molecule has 0 bridgehead atoms. The standard InChI is InChI=1S/C14H18N4O3/c1-9-13(10(2)21-17-9)5-14(19)16-11-6-15-18(7-11)12-3-4-20-8-12/h6-7,12H,3-5,8H2,1-2H3,(H,16,19)/t12-/m1/s1. The molecule has 1 amide bonds. The zero-order valence-corrected chi connectivity index (χ0v) is 12.1. The fourth-order valence-electron chi connectivity index (χ4n) is 2.45. The number of hydrogen-bond donors (Lipinski definition) is 1. The molecule has 1 fully saturated rings. The van der Waals surface area contributed by atoms with Crippen LogP contribution in [0.5, 0.6) is 0 Å². The van der Waals surface area contributed by atoms with Crippen LogP contribution in [0.2, 0.25) is 0 Å². The van der Waals surface area contributed by atoms with Gasteiger partial charge in [0.25, 0.3) is 0 Å². The van der Waals surface area contributed by atoms with Crippen molar-refractivity contribution in [2.45, 2.75) is 32.7 Å². The molecule has 0 aromatic carbocycles. The predicted molar refractivity (Wildman–Crippen MR) is 75.0 cm³/mol. The second-order valence-electron chi connectivity index (χ2n) is 5.25. The second-order valence-corrected chi connectivity index (χ2v) is 5.25. The van der Waals surface area contributed by atoms with Gasteiger partial charge in [-0.25, -0.2) is 0 Å². The lowest BCUT2D eigenvalue weighted by Gasteiger charge is -2.07. The minimum absolute atomic E-state index is 0.105. The molecule has 21 heavy (non-hydrogen) atoms. The van der Waals surface area contributed by atoms with Gasteiger partial charge in [0, 0.05) is 18.4 Å². The third-order valence-electron chi connectivity index (χ3n) is 3.68. The first-order chi connectivity index (χ1) is 10.1. The number of aromatic nitrogens is 3. The van der Waals surface area contributed by atoms with Crippen LogP contribution in [0.1, 0.15) is 29.5 Å². The van der Waals surface area contributed by atoms with Gasteiger partial charge in [-0.15, -0.1) is 0 Å². The SMILES string of the molecule is Cc1noc(C)c1CC(=O)Nc1cnn([C@@H]2CCOC2)c1. The highest BCUT2D eigenvalue weighted by Gasteiger charge is 2.19. The van der Waals surface area contributed by atoms with Gasteiger partial charge in [0.15, 0.2) is 0 Å². The summed E-state index contributed by atoms with van der Waals surface area (Å²) in [6.45, 7) is 5.07. The summed E-state index contributed by atoms with van der Waals surface area (Å²) >= 11 is 0. The number of aryl methyl sites for hydroxylation is 2. The Balaban J connectivity index is 1.62. The Kier molecular flexibility index (Phi) is 3.74. The molecule has 112 valence electrons. The molecule has 3 rings (SSSR count). The van der Waals surface area contributed by atoms with Crippen molar-refractivity contribution < 1.29 is 14.1 Å². The topological polar surface area (TPSA) is 82.2 Å². The highest BCUT2D eigenvalue weighted by Crippen LogP contribution is 2.20. The Hall–Kier alpha value is -2.15. The molecule has 0 spiro atoms. The normalized spacial score (nSPS) is 18.1. The first-order valence-corrected chi connectivity index (χ1v) is 6.97. The summed E-state index contributed by atoms with van der Waals surface area (Å²) in [5, 5.41) is 11.0. The minimum Gasteiger partial charge on any atom is -0.379 e. The van der Waals surface area contributed by atoms with E-state index in [4.69, 9.17) is 9.26 Å². The molecule has 0 saturated carbocycles. The average Bonchev–Trinajstić information content (AvgIpc) is 3.16. The highest BCUT2D eigenvalue weighted by atomic mass is 16.5. The van der Waals surface area contributed by atoms with Crippen LogP contribution in [0.25, 0.3) is 0 Å². The van der Waals surface area contributed by atoms with Crippen molar-refractivity contribution in [1.29, 1.82) is 0 Å². The van der Waals surface area contributed by atoms with E-state index in [-0.39, 0.29) is 18.4 Å². The van der Waals surface area contributed by atoms with Gasteiger partial charge >= 0.3 is 0 Å². The van der Waals surface area contributed by atoms with Crippen molar-refractivity contribution in [3.05, 3.63) is 29.4 Å². The van der Waals surface area contributed by atoms with Crippen LogP contribution in [0.3, 0.4) is 0 Å². The van der Waals surface area contributed by atoms with Crippen molar-refractivity contribution in [3.8, 4) is 0 Å². The zero-order chi connectivity index (χ0) is 14.8. The molecule has 0 unspecified atom stereocenters. The molecule has 1 aliphatic rings. The van der Waals surface area contributed by atoms with Crippen LogP contribution in [0.4, 0.5) is 5.69 Å². The molecule has 1 atom stereocenters. The van der Waals surface area contributed by atoms with E-state index in [1.165, 1.54) is 0 Å². The number of anilines is 1. The van der Waals surface area contributed by atoms with E-state index in [0.29, 0.717) is 18.1 Å². The van der Waals surface area contributed by atoms with E-state index >= 15 is 0 Å². The van der Waals surface area contributed by atoms with E-state index in [2.05, 4.69) is 15.6 Å². The molecule has 1 aliphatic heterocycles. The van der Waals surface area contributed by atoms with Crippen molar-refractivity contribution in [2.24, 2.45) is 0 Å². The number of carbonyl (C=O) groups is 1. The Morgan fingerprint density at radius 1 is 1.52 bits per heavy atom. The van der Waals surface area contributed by atoms with Crippen LogP contribution in [0.15, 0.2) is 16.9 Å². The van der Waals surface area contributed by atoms with E-state index in [1.807, 2.05) is 17.8 Å². The highest BCUT2D eigenvalue weighted by molar-refractivity contribution is 5.92. The van der Waals surface area contributed by atoms with E-state index in [1.54, 1.807) is 13.1 Å². The number of nitrogens with one attached hydrogen (secondary N) is 1. The first-order valence-electron chi connectivity index (χ1n) is 6.97. The minimum atomic E-state index is -0.105. The van der Waals surface area contributed by atoms with Gasteiger partial charge in [-0.3, -0.25) is 9.48 Å². The van der Waals surface area contributed by atoms with E-state index in [0.717, 1.165) is 24.3 Å². The molecule has 2 aromatic rings. The van der Waals surface area contributed by atoms with Gasteiger partial charge in [0.2, 0.25) is 5.91 Å².